The number of aromatic amines is 1. The van der Waals surface area contributed by atoms with E-state index in [9.17, 15) is 13.2 Å². The van der Waals surface area contributed by atoms with E-state index >= 15 is 0 Å². The van der Waals surface area contributed by atoms with Crippen LogP contribution in [0.25, 0.3) is 33.9 Å². The lowest BCUT2D eigenvalue weighted by Gasteiger charge is -2.28. The third-order valence-electron chi connectivity index (χ3n) is 7.22. The number of hydrogen-bond acceptors (Lipinski definition) is 9. The van der Waals surface area contributed by atoms with E-state index in [0.717, 1.165) is 30.3 Å². The van der Waals surface area contributed by atoms with E-state index in [1.54, 1.807) is 30.1 Å². The van der Waals surface area contributed by atoms with Gasteiger partial charge in [0.1, 0.15) is 23.2 Å². The van der Waals surface area contributed by atoms with Gasteiger partial charge in [0, 0.05) is 24.2 Å². The summed E-state index contributed by atoms with van der Waals surface area (Å²) < 4.78 is 52.4. The minimum absolute atomic E-state index is 0.173. The molecule has 0 amide bonds. The second-order valence-corrected chi connectivity index (χ2v) is 10.0. The summed E-state index contributed by atoms with van der Waals surface area (Å²) in [5, 5.41) is 3.34. The van der Waals surface area contributed by atoms with E-state index in [-0.39, 0.29) is 11.9 Å². The first-order valence-corrected chi connectivity index (χ1v) is 13.1. The number of nitrogens with zero attached hydrogens (tertiary/aromatic N) is 7. The fourth-order valence-electron chi connectivity index (χ4n) is 4.85. The normalized spacial score (nSPS) is 15.7. The number of aromatic nitrogens is 8. The molecule has 0 atom stereocenters. The molecule has 0 spiro atoms. The Kier molecular flexibility index (Phi) is 6.07. The molecular formula is C27H24F3N9O2. The number of fused-ring (bicyclic) bond motifs is 1. The van der Waals surface area contributed by atoms with Gasteiger partial charge in [-0.05, 0) is 18.4 Å². The Labute approximate surface area is 231 Å². The van der Waals surface area contributed by atoms with Crippen LogP contribution in [0, 0.1) is 0 Å². The number of nitrogens with one attached hydrogen (secondary N) is 2. The van der Waals surface area contributed by atoms with Crippen molar-refractivity contribution in [2.24, 2.45) is 0 Å². The van der Waals surface area contributed by atoms with E-state index < -0.39 is 11.9 Å². The molecular weight excluding hydrogens is 539 g/mol. The van der Waals surface area contributed by atoms with Crippen LogP contribution in [0.15, 0.2) is 43.1 Å². The highest BCUT2D eigenvalue weighted by molar-refractivity contribution is 5.85. The lowest BCUT2D eigenvalue weighted by molar-refractivity contribution is -0.141. The summed E-state index contributed by atoms with van der Waals surface area (Å²) in [6.07, 6.45) is 1.63. The maximum atomic E-state index is 13.4. The van der Waals surface area contributed by atoms with Crippen LogP contribution in [0.2, 0.25) is 0 Å². The first-order valence-electron chi connectivity index (χ1n) is 13.1. The van der Waals surface area contributed by atoms with E-state index in [4.69, 9.17) is 14.5 Å². The predicted molar refractivity (Wildman–Crippen MR) is 141 cm³/mol. The van der Waals surface area contributed by atoms with Crippen LogP contribution < -0.4 is 10.1 Å². The monoisotopic (exact) mass is 563 g/mol. The van der Waals surface area contributed by atoms with Gasteiger partial charge >= 0.3 is 6.18 Å². The highest BCUT2D eigenvalue weighted by Crippen LogP contribution is 2.45. The number of halogens is 3. The molecule has 1 saturated heterocycles. The fraction of sp³-hybridized carbons (Fsp3) is 0.333. The van der Waals surface area contributed by atoms with E-state index in [1.165, 1.54) is 6.33 Å². The van der Waals surface area contributed by atoms with Crippen LogP contribution >= 0.6 is 0 Å². The summed E-state index contributed by atoms with van der Waals surface area (Å²) in [4.78, 5) is 29.5. The molecule has 4 aromatic heterocycles. The molecule has 2 N–H and O–H groups in total. The molecule has 2 aliphatic rings. The average Bonchev–Trinajstić information content (AvgIpc) is 3.51. The highest BCUT2D eigenvalue weighted by Gasteiger charge is 2.37. The molecule has 1 aromatic carbocycles. The van der Waals surface area contributed by atoms with Gasteiger partial charge in [-0.3, -0.25) is 0 Å². The zero-order chi connectivity index (χ0) is 28.1. The number of imidazole rings is 2. The number of benzene rings is 1. The second-order valence-electron chi connectivity index (χ2n) is 10.0. The van der Waals surface area contributed by atoms with Crippen molar-refractivity contribution >= 4 is 17.0 Å². The first-order chi connectivity index (χ1) is 19.9. The van der Waals surface area contributed by atoms with Crippen molar-refractivity contribution in [2.45, 2.75) is 37.5 Å². The zero-order valence-corrected chi connectivity index (χ0v) is 21.8. The maximum Gasteiger partial charge on any atom is 0.434 e. The third-order valence-corrected chi connectivity index (χ3v) is 7.22. The standard InChI is InChI=1S/C27H24F3N9O2/c1-40-26-19(20(15-6-7-15)32-13-35-26)22-37-23(21-24(38-22)34-12-33-21)31-8-14-2-4-16(5-3-14)25-36-18(27(28,29)30)9-39(25)17-10-41-11-17/h2-5,9,12-13,15,17H,6-8,10-11H2,1H3,(H2,31,33,34,37,38). The Morgan fingerprint density at radius 3 is 2.56 bits per heavy atom. The molecule has 0 radical (unpaired) electrons. The van der Waals surface area contributed by atoms with Gasteiger partial charge in [-0.25, -0.2) is 29.9 Å². The van der Waals surface area contributed by atoms with Crippen LogP contribution in [-0.4, -0.2) is 59.8 Å². The van der Waals surface area contributed by atoms with Crippen molar-refractivity contribution in [2.75, 3.05) is 25.6 Å². The van der Waals surface area contributed by atoms with Crippen LogP contribution in [0.1, 0.15) is 41.8 Å². The van der Waals surface area contributed by atoms with Gasteiger partial charge in [0.25, 0.3) is 0 Å². The Morgan fingerprint density at radius 1 is 1.07 bits per heavy atom. The van der Waals surface area contributed by atoms with Gasteiger partial charge in [-0.1, -0.05) is 24.3 Å². The van der Waals surface area contributed by atoms with Crippen LogP contribution in [-0.2, 0) is 17.5 Å². The summed E-state index contributed by atoms with van der Waals surface area (Å²) in [5.74, 6) is 1.92. The van der Waals surface area contributed by atoms with Crippen molar-refractivity contribution in [3.63, 3.8) is 0 Å². The van der Waals surface area contributed by atoms with E-state index in [1.807, 2.05) is 12.1 Å². The zero-order valence-electron chi connectivity index (χ0n) is 21.8. The molecule has 14 heteroatoms. The Balaban J connectivity index is 1.17. The number of rotatable bonds is 8. The van der Waals surface area contributed by atoms with Gasteiger partial charge in [0.15, 0.2) is 23.0 Å². The minimum Gasteiger partial charge on any atom is -0.480 e. The highest BCUT2D eigenvalue weighted by atomic mass is 19.4. The van der Waals surface area contributed by atoms with Crippen LogP contribution in [0.3, 0.4) is 0 Å². The molecule has 0 bridgehead atoms. The van der Waals surface area contributed by atoms with E-state index in [0.29, 0.717) is 65.5 Å². The smallest absolute Gasteiger partial charge is 0.434 e. The lowest BCUT2D eigenvalue weighted by Crippen LogP contribution is -2.30. The van der Waals surface area contributed by atoms with Gasteiger partial charge in [-0.2, -0.15) is 13.2 Å². The number of alkyl halides is 3. The molecule has 5 heterocycles. The molecule has 2 fully saturated rings. The van der Waals surface area contributed by atoms with Gasteiger partial charge in [0.2, 0.25) is 5.88 Å². The minimum atomic E-state index is -4.53. The average molecular weight is 564 g/mol. The summed E-state index contributed by atoms with van der Waals surface area (Å²) >= 11 is 0. The van der Waals surface area contributed by atoms with Gasteiger partial charge < -0.3 is 24.3 Å². The Hall–Kier alpha value is -4.59. The molecule has 41 heavy (non-hydrogen) atoms. The number of H-pyrrole nitrogens is 1. The molecule has 0 unspecified atom stereocenters. The quantitative estimate of drug-likeness (QED) is 0.275. The summed E-state index contributed by atoms with van der Waals surface area (Å²) in [6, 6.07) is 7.05. The van der Waals surface area contributed by atoms with Crippen molar-refractivity contribution in [3.8, 4) is 28.7 Å². The summed E-state index contributed by atoms with van der Waals surface area (Å²) in [5.41, 5.74) is 3.18. The van der Waals surface area contributed by atoms with Crippen LogP contribution in [0.5, 0.6) is 5.88 Å². The molecule has 5 aromatic rings. The lowest BCUT2D eigenvalue weighted by atomic mass is 10.1. The molecule has 1 aliphatic carbocycles. The Morgan fingerprint density at radius 2 is 1.88 bits per heavy atom. The van der Waals surface area contributed by atoms with Crippen molar-refractivity contribution < 1.29 is 22.6 Å². The third kappa shape index (κ3) is 4.73. The number of hydrogen-bond donors (Lipinski definition) is 2. The summed E-state index contributed by atoms with van der Waals surface area (Å²) in [7, 11) is 1.55. The maximum absolute atomic E-state index is 13.4. The molecule has 1 aliphatic heterocycles. The Bertz CT molecular complexity index is 1720. The number of methoxy groups -OCH3 is 1. The summed E-state index contributed by atoms with van der Waals surface area (Å²) in [6.45, 7) is 1.10. The first kappa shape index (κ1) is 25.4. The molecule has 1 saturated carbocycles. The number of anilines is 1. The van der Waals surface area contributed by atoms with Crippen molar-refractivity contribution in [1.29, 1.82) is 0 Å². The van der Waals surface area contributed by atoms with E-state index in [2.05, 4.69) is 35.2 Å². The van der Waals surface area contributed by atoms with Crippen LogP contribution in [0.4, 0.5) is 19.0 Å². The van der Waals surface area contributed by atoms with Gasteiger partial charge in [0.05, 0.1) is 38.4 Å². The molecule has 210 valence electrons. The molecule has 7 rings (SSSR count). The SMILES string of the molecule is COc1ncnc(C2CC2)c1-c1nc(NCc2ccc(-c3nc(C(F)(F)F)cn3C3COC3)cc2)c2[nH]cnc2n1. The number of ether oxygens (including phenoxy) is 2. The van der Waals surface area contributed by atoms with Crippen molar-refractivity contribution in [1.82, 2.24) is 39.5 Å². The fourth-order valence-corrected chi connectivity index (χ4v) is 4.85. The predicted octanol–water partition coefficient (Wildman–Crippen LogP) is 4.76. The second kappa shape index (κ2) is 9.80. The topological polar surface area (TPSA) is 129 Å². The van der Waals surface area contributed by atoms with Crippen molar-refractivity contribution in [3.05, 3.63) is 60.1 Å². The largest absolute Gasteiger partial charge is 0.480 e. The van der Waals surface area contributed by atoms with Gasteiger partial charge in [-0.15, -0.1) is 0 Å². The molecule has 11 nitrogen and oxygen atoms in total.